The second-order valence-corrected chi connectivity index (χ2v) is 3.62. The van der Waals surface area contributed by atoms with Crippen molar-refractivity contribution in [3.8, 4) is 0 Å². The Balaban J connectivity index is 2.25. The van der Waals surface area contributed by atoms with E-state index in [1.54, 1.807) is 0 Å². The zero-order valence-corrected chi connectivity index (χ0v) is 9.68. The maximum absolute atomic E-state index is 13.6. The van der Waals surface area contributed by atoms with Gasteiger partial charge in [-0.15, -0.1) is 0 Å². The first-order chi connectivity index (χ1) is 9.09. The molecule has 1 aromatic carbocycles. The normalized spacial score (nSPS) is 13.8. The number of carboxylic acid groups (broad SMARTS) is 1. The van der Waals surface area contributed by atoms with E-state index in [0.29, 0.717) is 6.61 Å². The molecule has 0 aromatic heterocycles. The van der Waals surface area contributed by atoms with Gasteiger partial charge in [-0.1, -0.05) is 6.07 Å². The first-order valence-electron chi connectivity index (χ1n) is 5.37. The third kappa shape index (κ3) is 2.82. The Morgan fingerprint density at radius 3 is 2.74 bits per heavy atom. The molecule has 0 aliphatic carbocycles. The molecule has 0 spiro atoms. The van der Waals surface area contributed by atoms with E-state index in [4.69, 9.17) is 14.6 Å². The molecule has 1 aliphatic heterocycles. The molecular formula is C12H10FNO5. The number of halogens is 1. The van der Waals surface area contributed by atoms with Gasteiger partial charge in [0.05, 0.1) is 11.3 Å². The Labute approximate surface area is 107 Å². The smallest absolute Gasteiger partial charge is 0.337 e. The highest BCUT2D eigenvalue weighted by Gasteiger charge is 2.20. The second kappa shape index (κ2) is 5.38. The van der Waals surface area contributed by atoms with E-state index in [1.807, 2.05) is 0 Å². The Hall–Kier alpha value is -2.57. The second-order valence-electron chi connectivity index (χ2n) is 3.62. The molecule has 2 rings (SSSR count). The van der Waals surface area contributed by atoms with Gasteiger partial charge in [-0.3, -0.25) is 4.79 Å². The van der Waals surface area contributed by atoms with E-state index in [-0.39, 0.29) is 17.9 Å². The molecule has 0 saturated carbocycles. The number of para-hydroxylation sites is 1. The van der Waals surface area contributed by atoms with Gasteiger partial charge in [0, 0.05) is 0 Å². The number of carbonyl (C=O) groups is 2. The van der Waals surface area contributed by atoms with Crippen LogP contribution in [0.5, 0.6) is 0 Å². The molecule has 19 heavy (non-hydrogen) atoms. The van der Waals surface area contributed by atoms with Crippen molar-refractivity contribution in [1.82, 2.24) is 0 Å². The highest BCUT2D eigenvalue weighted by molar-refractivity contribution is 6.06. The standard InChI is InChI=1S/C12H10FNO5/c13-8-3-1-2-7(12(16)17)10(8)14-11(15)9-6-18-4-5-19-9/h1-3,6H,4-5H2,(H,14,15)(H,16,17). The number of amides is 1. The first kappa shape index (κ1) is 12.9. The lowest BCUT2D eigenvalue weighted by Gasteiger charge is -2.16. The topological polar surface area (TPSA) is 84.9 Å². The minimum absolute atomic E-state index is 0.133. The van der Waals surface area contributed by atoms with Crippen LogP contribution in [0.25, 0.3) is 0 Å². The number of ether oxygens (including phenoxy) is 2. The molecular weight excluding hydrogens is 257 g/mol. The van der Waals surface area contributed by atoms with Crippen LogP contribution in [0.15, 0.2) is 30.2 Å². The summed E-state index contributed by atoms with van der Waals surface area (Å²) in [4.78, 5) is 22.7. The first-order valence-corrected chi connectivity index (χ1v) is 5.37. The average Bonchev–Trinajstić information content (AvgIpc) is 2.41. The number of hydrogen-bond donors (Lipinski definition) is 2. The summed E-state index contributed by atoms with van der Waals surface area (Å²) in [5.41, 5.74) is -0.749. The largest absolute Gasteiger partial charge is 0.494 e. The van der Waals surface area contributed by atoms with E-state index in [1.165, 1.54) is 12.1 Å². The monoisotopic (exact) mass is 267 g/mol. The van der Waals surface area contributed by atoms with Gasteiger partial charge < -0.3 is 19.9 Å². The van der Waals surface area contributed by atoms with Crippen LogP contribution in [-0.4, -0.2) is 30.2 Å². The van der Waals surface area contributed by atoms with Crippen molar-refractivity contribution < 1.29 is 28.6 Å². The van der Waals surface area contributed by atoms with E-state index < -0.39 is 23.4 Å². The summed E-state index contributed by atoms with van der Waals surface area (Å²) in [6.45, 7) is 0.513. The number of carbonyl (C=O) groups excluding carboxylic acids is 1. The van der Waals surface area contributed by atoms with Gasteiger partial charge >= 0.3 is 5.97 Å². The number of aromatic carboxylic acids is 1. The van der Waals surface area contributed by atoms with Crippen molar-refractivity contribution in [2.45, 2.75) is 0 Å². The molecule has 0 radical (unpaired) electrons. The van der Waals surface area contributed by atoms with E-state index in [9.17, 15) is 14.0 Å². The zero-order chi connectivity index (χ0) is 13.8. The highest BCUT2D eigenvalue weighted by atomic mass is 19.1. The van der Waals surface area contributed by atoms with Crippen molar-refractivity contribution in [3.05, 3.63) is 41.6 Å². The average molecular weight is 267 g/mol. The molecule has 1 heterocycles. The molecule has 7 heteroatoms. The fraction of sp³-hybridized carbons (Fsp3) is 0.167. The fourth-order valence-electron chi connectivity index (χ4n) is 1.49. The minimum atomic E-state index is -1.34. The molecule has 0 bridgehead atoms. The Morgan fingerprint density at radius 1 is 1.32 bits per heavy atom. The predicted octanol–water partition coefficient (Wildman–Crippen LogP) is 1.35. The number of benzene rings is 1. The van der Waals surface area contributed by atoms with Gasteiger partial charge in [0.1, 0.15) is 25.3 Å². The summed E-state index contributed by atoms with van der Waals surface area (Å²) in [5.74, 6) is -3.09. The lowest BCUT2D eigenvalue weighted by molar-refractivity contribution is -0.117. The molecule has 0 fully saturated rings. The van der Waals surface area contributed by atoms with Gasteiger partial charge in [-0.25, -0.2) is 9.18 Å². The molecule has 1 amide bonds. The zero-order valence-electron chi connectivity index (χ0n) is 9.68. The molecule has 1 aromatic rings. The quantitative estimate of drug-likeness (QED) is 0.863. The van der Waals surface area contributed by atoms with Crippen LogP contribution in [-0.2, 0) is 14.3 Å². The van der Waals surface area contributed by atoms with Gasteiger partial charge in [-0.05, 0) is 12.1 Å². The van der Waals surface area contributed by atoms with E-state index in [2.05, 4.69) is 5.32 Å². The van der Waals surface area contributed by atoms with E-state index in [0.717, 1.165) is 12.3 Å². The van der Waals surface area contributed by atoms with Crippen LogP contribution in [0.1, 0.15) is 10.4 Å². The van der Waals surface area contributed by atoms with Crippen molar-refractivity contribution in [2.75, 3.05) is 18.5 Å². The molecule has 2 N–H and O–H groups in total. The molecule has 6 nitrogen and oxygen atoms in total. The predicted molar refractivity (Wildman–Crippen MR) is 62.0 cm³/mol. The third-order valence-corrected chi connectivity index (χ3v) is 2.36. The van der Waals surface area contributed by atoms with Crippen molar-refractivity contribution in [2.24, 2.45) is 0 Å². The van der Waals surface area contributed by atoms with Crippen LogP contribution >= 0.6 is 0 Å². The minimum Gasteiger partial charge on any atom is -0.494 e. The van der Waals surface area contributed by atoms with Crippen LogP contribution in [0, 0.1) is 5.82 Å². The Kier molecular flexibility index (Phi) is 3.65. The summed E-state index contributed by atoms with van der Waals surface area (Å²) >= 11 is 0. The number of anilines is 1. The summed E-state index contributed by atoms with van der Waals surface area (Å²) in [6.07, 6.45) is 1.10. The molecule has 100 valence electrons. The Bertz CT molecular complexity index is 555. The molecule has 0 atom stereocenters. The van der Waals surface area contributed by atoms with E-state index >= 15 is 0 Å². The van der Waals surface area contributed by atoms with Gasteiger partial charge in [0.25, 0.3) is 5.91 Å². The Morgan fingerprint density at radius 2 is 2.11 bits per heavy atom. The summed E-state index contributed by atoms with van der Waals surface area (Å²) < 4.78 is 23.5. The highest BCUT2D eigenvalue weighted by Crippen LogP contribution is 2.21. The van der Waals surface area contributed by atoms with Crippen molar-refractivity contribution in [3.63, 3.8) is 0 Å². The van der Waals surface area contributed by atoms with Crippen LogP contribution in [0.3, 0.4) is 0 Å². The fourth-order valence-corrected chi connectivity index (χ4v) is 1.49. The number of carboxylic acids is 1. The summed E-state index contributed by atoms with van der Waals surface area (Å²) in [6, 6.07) is 3.48. The third-order valence-electron chi connectivity index (χ3n) is 2.36. The molecule has 0 saturated heterocycles. The van der Waals surface area contributed by atoms with Gasteiger partial charge in [-0.2, -0.15) is 0 Å². The maximum Gasteiger partial charge on any atom is 0.337 e. The summed E-state index contributed by atoms with van der Waals surface area (Å²) in [5, 5.41) is 11.1. The SMILES string of the molecule is O=C(Nc1c(F)cccc1C(=O)O)C1=COCCO1. The van der Waals surface area contributed by atoms with Gasteiger partial charge in [0.15, 0.2) is 0 Å². The molecule has 1 aliphatic rings. The number of hydrogen-bond acceptors (Lipinski definition) is 4. The lowest BCUT2D eigenvalue weighted by Crippen LogP contribution is -2.22. The van der Waals surface area contributed by atoms with Gasteiger partial charge in [0.2, 0.25) is 5.76 Å². The molecule has 0 unspecified atom stereocenters. The number of nitrogens with one attached hydrogen (secondary N) is 1. The van der Waals surface area contributed by atoms with Crippen LogP contribution < -0.4 is 5.32 Å². The van der Waals surface area contributed by atoms with Crippen LogP contribution in [0.4, 0.5) is 10.1 Å². The van der Waals surface area contributed by atoms with Crippen molar-refractivity contribution in [1.29, 1.82) is 0 Å². The lowest BCUT2D eigenvalue weighted by atomic mass is 10.1. The van der Waals surface area contributed by atoms with Crippen LogP contribution in [0.2, 0.25) is 0 Å². The number of rotatable bonds is 3. The maximum atomic E-state index is 13.6. The summed E-state index contributed by atoms with van der Waals surface area (Å²) in [7, 11) is 0. The van der Waals surface area contributed by atoms with Crippen molar-refractivity contribution >= 4 is 17.6 Å².